The molecule has 23 heavy (non-hydrogen) atoms. The molecule has 2 N–H and O–H groups in total. The van der Waals surface area contributed by atoms with Crippen LogP contribution >= 0.6 is 15.9 Å². The van der Waals surface area contributed by atoms with Gasteiger partial charge in [0, 0.05) is 16.5 Å². The van der Waals surface area contributed by atoms with Gasteiger partial charge < -0.3 is 15.2 Å². The fraction of sp³-hybridized carbons (Fsp3) is 0.176. The first-order chi connectivity index (χ1) is 11.0. The van der Waals surface area contributed by atoms with E-state index in [-0.39, 0.29) is 6.42 Å². The van der Waals surface area contributed by atoms with Crippen LogP contribution in [-0.4, -0.2) is 30.1 Å². The van der Waals surface area contributed by atoms with Crippen LogP contribution in [0.3, 0.4) is 0 Å². The van der Waals surface area contributed by atoms with Gasteiger partial charge in [0.15, 0.2) is 0 Å². The van der Waals surface area contributed by atoms with Crippen molar-refractivity contribution in [2.24, 2.45) is 0 Å². The lowest BCUT2D eigenvalue weighted by Gasteiger charge is -2.16. The molecule has 0 radical (unpaired) electrons. The van der Waals surface area contributed by atoms with Crippen LogP contribution < -0.4 is 10.1 Å². The van der Waals surface area contributed by atoms with E-state index in [1.807, 2.05) is 0 Å². The first kappa shape index (κ1) is 17.0. The molecule has 0 aromatic heterocycles. The Balaban J connectivity index is 2.16. The van der Waals surface area contributed by atoms with Crippen LogP contribution in [-0.2, 0) is 11.2 Å². The molecule has 5 nitrogen and oxygen atoms in total. The lowest BCUT2D eigenvalue weighted by Crippen LogP contribution is -2.42. The summed E-state index contributed by atoms with van der Waals surface area (Å²) in [6.07, 6.45) is 0.138. The summed E-state index contributed by atoms with van der Waals surface area (Å²) in [5.41, 5.74) is 1.11. The number of methoxy groups -OCH3 is 1. The molecule has 0 unspecified atom stereocenters. The van der Waals surface area contributed by atoms with Crippen LogP contribution in [0, 0.1) is 0 Å². The van der Waals surface area contributed by atoms with Crippen LogP contribution in [0.2, 0.25) is 0 Å². The normalized spacial score (nSPS) is 11.6. The molecule has 6 heteroatoms. The second-order valence-electron chi connectivity index (χ2n) is 4.89. The van der Waals surface area contributed by atoms with Gasteiger partial charge in [-0.1, -0.05) is 40.2 Å². The lowest BCUT2D eigenvalue weighted by atomic mass is 10.0. The Morgan fingerprint density at radius 2 is 1.96 bits per heavy atom. The van der Waals surface area contributed by atoms with Crippen molar-refractivity contribution in [3.8, 4) is 5.75 Å². The molecule has 1 amide bonds. The number of benzene rings is 2. The number of hydrogen-bond donors (Lipinski definition) is 2. The molecule has 0 fully saturated rings. The predicted octanol–water partition coefficient (Wildman–Crippen LogP) is 2.88. The van der Waals surface area contributed by atoms with Gasteiger partial charge in [0.1, 0.15) is 11.8 Å². The fourth-order valence-electron chi connectivity index (χ4n) is 2.16. The average molecular weight is 378 g/mol. The second kappa shape index (κ2) is 7.78. The molecular weight excluding hydrogens is 362 g/mol. The monoisotopic (exact) mass is 377 g/mol. The van der Waals surface area contributed by atoms with Gasteiger partial charge in [-0.15, -0.1) is 0 Å². The SMILES string of the molecule is COc1ccccc1C[C@@H](NC(=O)c1cccc(Br)c1)C(=O)O. The van der Waals surface area contributed by atoms with Crippen molar-refractivity contribution in [2.45, 2.75) is 12.5 Å². The van der Waals surface area contributed by atoms with Crippen molar-refractivity contribution in [1.82, 2.24) is 5.32 Å². The highest BCUT2D eigenvalue weighted by Gasteiger charge is 2.22. The number of hydrogen-bond acceptors (Lipinski definition) is 3. The molecule has 0 spiro atoms. The number of carbonyl (C=O) groups is 2. The minimum absolute atomic E-state index is 0.138. The maximum Gasteiger partial charge on any atom is 0.326 e. The van der Waals surface area contributed by atoms with Gasteiger partial charge in [-0.3, -0.25) is 4.79 Å². The van der Waals surface area contributed by atoms with Crippen molar-refractivity contribution in [3.63, 3.8) is 0 Å². The highest BCUT2D eigenvalue weighted by Crippen LogP contribution is 2.19. The molecule has 0 bridgehead atoms. The number of carboxylic acid groups (broad SMARTS) is 1. The Kier molecular flexibility index (Phi) is 5.76. The number of aliphatic carboxylic acids is 1. The zero-order chi connectivity index (χ0) is 16.8. The van der Waals surface area contributed by atoms with E-state index in [4.69, 9.17) is 4.74 Å². The first-order valence-corrected chi connectivity index (χ1v) is 7.71. The average Bonchev–Trinajstić information content (AvgIpc) is 2.54. The van der Waals surface area contributed by atoms with E-state index in [1.165, 1.54) is 7.11 Å². The summed E-state index contributed by atoms with van der Waals surface area (Å²) in [5.74, 6) is -0.941. The molecule has 0 saturated heterocycles. The number of para-hydroxylation sites is 1. The smallest absolute Gasteiger partial charge is 0.326 e. The molecule has 1 atom stereocenters. The lowest BCUT2D eigenvalue weighted by molar-refractivity contribution is -0.139. The molecule has 0 aliphatic heterocycles. The number of carboxylic acids is 1. The van der Waals surface area contributed by atoms with Crippen LogP contribution in [0.25, 0.3) is 0 Å². The van der Waals surface area contributed by atoms with E-state index >= 15 is 0 Å². The molecule has 2 aromatic rings. The van der Waals surface area contributed by atoms with Crippen molar-refractivity contribution in [2.75, 3.05) is 7.11 Å². The minimum Gasteiger partial charge on any atom is -0.496 e. The summed E-state index contributed by atoms with van der Waals surface area (Å²) >= 11 is 3.29. The molecule has 0 aliphatic carbocycles. The van der Waals surface area contributed by atoms with Crippen LogP contribution in [0.4, 0.5) is 0 Å². The largest absolute Gasteiger partial charge is 0.496 e. The Morgan fingerprint density at radius 1 is 1.22 bits per heavy atom. The molecule has 0 aliphatic rings. The Bertz CT molecular complexity index is 717. The van der Waals surface area contributed by atoms with Gasteiger partial charge in [-0.05, 0) is 29.8 Å². The number of rotatable bonds is 6. The highest BCUT2D eigenvalue weighted by atomic mass is 79.9. The third kappa shape index (κ3) is 4.56. The van der Waals surface area contributed by atoms with E-state index in [1.54, 1.807) is 48.5 Å². The van der Waals surface area contributed by atoms with E-state index in [0.717, 1.165) is 10.0 Å². The predicted molar refractivity (Wildman–Crippen MR) is 89.7 cm³/mol. The van der Waals surface area contributed by atoms with Gasteiger partial charge in [-0.2, -0.15) is 0 Å². The van der Waals surface area contributed by atoms with E-state index in [9.17, 15) is 14.7 Å². The summed E-state index contributed by atoms with van der Waals surface area (Å²) in [4.78, 5) is 23.7. The van der Waals surface area contributed by atoms with Gasteiger partial charge in [0.25, 0.3) is 5.91 Å². The van der Waals surface area contributed by atoms with Gasteiger partial charge in [0.2, 0.25) is 0 Å². The molecular formula is C17H16BrNO4. The van der Waals surface area contributed by atoms with Crippen molar-refractivity contribution < 1.29 is 19.4 Å². The Labute approximate surface area is 142 Å². The van der Waals surface area contributed by atoms with E-state index in [0.29, 0.717) is 11.3 Å². The third-order valence-corrected chi connectivity index (χ3v) is 3.80. The van der Waals surface area contributed by atoms with E-state index < -0.39 is 17.9 Å². The summed E-state index contributed by atoms with van der Waals surface area (Å²) < 4.78 is 5.97. The van der Waals surface area contributed by atoms with Crippen molar-refractivity contribution in [3.05, 3.63) is 64.1 Å². The summed E-state index contributed by atoms with van der Waals surface area (Å²) in [6, 6.07) is 12.9. The zero-order valence-corrected chi connectivity index (χ0v) is 14.0. The van der Waals surface area contributed by atoms with Crippen molar-refractivity contribution in [1.29, 1.82) is 0 Å². The second-order valence-corrected chi connectivity index (χ2v) is 5.81. The molecule has 2 rings (SSSR count). The summed E-state index contributed by atoms with van der Waals surface area (Å²) in [5, 5.41) is 11.9. The number of carbonyl (C=O) groups excluding carboxylic acids is 1. The number of ether oxygens (including phenoxy) is 1. The van der Waals surface area contributed by atoms with Crippen molar-refractivity contribution >= 4 is 27.8 Å². The molecule has 0 saturated carbocycles. The van der Waals surface area contributed by atoms with E-state index in [2.05, 4.69) is 21.2 Å². The molecule has 0 heterocycles. The van der Waals surface area contributed by atoms with Crippen LogP contribution in [0.5, 0.6) is 5.75 Å². The van der Waals surface area contributed by atoms with Gasteiger partial charge in [0.05, 0.1) is 7.11 Å². The molecule has 120 valence electrons. The zero-order valence-electron chi connectivity index (χ0n) is 12.5. The molecule has 2 aromatic carbocycles. The Morgan fingerprint density at radius 3 is 2.61 bits per heavy atom. The van der Waals surface area contributed by atoms with Crippen LogP contribution in [0.15, 0.2) is 53.0 Å². The topological polar surface area (TPSA) is 75.6 Å². The fourth-order valence-corrected chi connectivity index (χ4v) is 2.56. The van der Waals surface area contributed by atoms with Gasteiger partial charge >= 0.3 is 5.97 Å². The van der Waals surface area contributed by atoms with Gasteiger partial charge in [-0.25, -0.2) is 4.79 Å². The number of nitrogens with one attached hydrogen (secondary N) is 1. The first-order valence-electron chi connectivity index (χ1n) is 6.92. The standard InChI is InChI=1S/C17H16BrNO4/c1-23-15-8-3-2-5-11(15)10-14(17(21)22)19-16(20)12-6-4-7-13(18)9-12/h2-9,14H,10H2,1H3,(H,19,20)(H,21,22)/t14-/m1/s1. The number of halogens is 1. The van der Waals surface area contributed by atoms with Crippen LogP contribution in [0.1, 0.15) is 15.9 Å². The quantitative estimate of drug-likeness (QED) is 0.811. The maximum atomic E-state index is 12.2. The highest BCUT2D eigenvalue weighted by molar-refractivity contribution is 9.10. The summed E-state index contributed by atoms with van der Waals surface area (Å²) in [7, 11) is 1.52. The summed E-state index contributed by atoms with van der Waals surface area (Å²) in [6.45, 7) is 0. The Hall–Kier alpha value is -2.34. The minimum atomic E-state index is -1.10. The maximum absolute atomic E-state index is 12.2. The third-order valence-electron chi connectivity index (χ3n) is 3.31. The number of amides is 1.